The molecule has 2 aromatic carbocycles. The van der Waals surface area contributed by atoms with Crippen molar-refractivity contribution in [3.63, 3.8) is 0 Å². The molecule has 0 bridgehead atoms. The summed E-state index contributed by atoms with van der Waals surface area (Å²) in [7, 11) is -2.17. The van der Waals surface area contributed by atoms with Gasteiger partial charge < -0.3 is 20.1 Å². The van der Waals surface area contributed by atoms with Gasteiger partial charge in [-0.05, 0) is 56.0 Å². The third kappa shape index (κ3) is 4.88. The lowest BCUT2D eigenvalue weighted by Gasteiger charge is -2.31. The van der Waals surface area contributed by atoms with Crippen LogP contribution in [0.1, 0.15) is 30.9 Å². The average Bonchev–Trinajstić information content (AvgIpc) is 2.83. The summed E-state index contributed by atoms with van der Waals surface area (Å²) >= 11 is 0. The fourth-order valence-electron chi connectivity index (χ4n) is 4.20. The standard InChI is InChI=1S/C24H29N3O6S/c1-15-12-20-21(33-16(2)23(28)26-20)13-22(15)34(30,31)27-10-8-18(9-11-27)24(29)25-14-17-4-6-19(32-3)7-5-17/h4-7,12-13,16,18H,8-11,14H2,1-3H3,(H,25,29)(H,26,28). The van der Waals surface area contributed by atoms with E-state index in [-0.39, 0.29) is 35.7 Å². The van der Waals surface area contributed by atoms with Crippen molar-refractivity contribution in [1.29, 1.82) is 0 Å². The van der Waals surface area contributed by atoms with Crippen molar-refractivity contribution in [1.82, 2.24) is 9.62 Å². The molecule has 0 saturated carbocycles. The summed E-state index contributed by atoms with van der Waals surface area (Å²) in [6.07, 6.45) is 0.195. The molecule has 1 fully saturated rings. The highest BCUT2D eigenvalue weighted by molar-refractivity contribution is 7.89. The molecule has 2 aliphatic heterocycles. The number of hydrogen-bond donors (Lipinski definition) is 2. The van der Waals surface area contributed by atoms with Gasteiger partial charge in [-0.15, -0.1) is 0 Å². The molecule has 1 saturated heterocycles. The topological polar surface area (TPSA) is 114 Å². The Kier molecular flexibility index (Phi) is 6.81. The number of hydrogen-bond acceptors (Lipinski definition) is 6. The monoisotopic (exact) mass is 487 g/mol. The summed E-state index contributed by atoms with van der Waals surface area (Å²) < 4.78 is 38.8. The minimum Gasteiger partial charge on any atom is -0.497 e. The Balaban J connectivity index is 1.38. The Morgan fingerprint density at radius 3 is 2.53 bits per heavy atom. The van der Waals surface area contributed by atoms with Gasteiger partial charge in [0.2, 0.25) is 15.9 Å². The first-order chi connectivity index (χ1) is 16.2. The minimum absolute atomic E-state index is 0.0732. The number of sulfonamides is 1. The molecule has 182 valence electrons. The number of fused-ring (bicyclic) bond motifs is 1. The zero-order valence-corrected chi connectivity index (χ0v) is 20.3. The van der Waals surface area contributed by atoms with Crippen LogP contribution in [0.5, 0.6) is 11.5 Å². The molecule has 2 N–H and O–H groups in total. The molecule has 4 rings (SSSR count). The number of carbonyl (C=O) groups excluding carboxylic acids is 2. The van der Waals surface area contributed by atoms with Crippen LogP contribution in [-0.2, 0) is 26.2 Å². The van der Waals surface area contributed by atoms with E-state index in [9.17, 15) is 18.0 Å². The van der Waals surface area contributed by atoms with Crippen LogP contribution in [0.4, 0.5) is 5.69 Å². The van der Waals surface area contributed by atoms with Crippen LogP contribution in [0, 0.1) is 12.8 Å². The maximum Gasteiger partial charge on any atom is 0.265 e. The quantitative estimate of drug-likeness (QED) is 0.647. The van der Waals surface area contributed by atoms with Crippen LogP contribution in [0.15, 0.2) is 41.3 Å². The molecule has 2 heterocycles. The molecule has 2 amide bonds. The van der Waals surface area contributed by atoms with Gasteiger partial charge in [0.1, 0.15) is 11.5 Å². The van der Waals surface area contributed by atoms with Crippen molar-refractivity contribution in [3.8, 4) is 11.5 Å². The fourth-order valence-corrected chi connectivity index (χ4v) is 5.89. The number of carbonyl (C=O) groups is 2. The van der Waals surface area contributed by atoms with Crippen LogP contribution in [-0.4, -0.2) is 50.8 Å². The van der Waals surface area contributed by atoms with Crippen molar-refractivity contribution >= 4 is 27.5 Å². The number of ether oxygens (including phenoxy) is 2. The number of piperidine rings is 1. The maximum atomic E-state index is 13.4. The van der Waals surface area contributed by atoms with Gasteiger partial charge in [0.25, 0.3) is 5.91 Å². The summed E-state index contributed by atoms with van der Waals surface area (Å²) in [6, 6.07) is 10.6. The van der Waals surface area contributed by atoms with Gasteiger partial charge >= 0.3 is 0 Å². The first-order valence-corrected chi connectivity index (χ1v) is 12.7. The number of aryl methyl sites for hydroxylation is 1. The van der Waals surface area contributed by atoms with Crippen LogP contribution < -0.4 is 20.1 Å². The molecule has 2 aliphatic rings. The van der Waals surface area contributed by atoms with Crippen molar-refractivity contribution in [2.24, 2.45) is 5.92 Å². The van der Waals surface area contributed by atoms with Gasteiger partial charge in [0.15, 0.2) is 6.10 Å². The lowest BCUT2D eigenvalue weighted by atomic mass is 9.97. The Bertz CT molecular complexity index is 1190. The summed E-state index contributed by atoms with van der Waals surface area (Å²) in [6.45, 7) is 4.22. The third-order valence-corrected chi connectivity index (χ3v) is 8.32. The second-order valence-electron chi connectivity index (χ2n) is 8.61. The number of rotatable bonds is 6. The van der Waals surface area contributed by atoms with Gasteiger partial charge in [-0.1, -0.05) is 12.1 Å². The van der Waals surface area contributed by atoms with Gasteiger partial charge in [0, 0.05) is 31.6 Å². The second-order valence-corrected chi connectivity index (χ2v) is 10.5. The number of anilines is 1. The molecule has 34 heavy (non-hydrogen) atoms. The summed E-state index contributed by atoms with van der Waals surface area (Å²) in [5, 5.41) is 5.68. The molecular formula is C24H29N3O6S. The lowest BCUT2D eigenvalue weighted by Crippen LogP contribution is -2.43. The molecule has 1 atom stereocenters. The third-order valence-electron chi connectivity index (χ3n) is 6.28. The minimum atomic E-state index is -3.77. The van der Waals surface area contributed by atoms with E-state index in [1.54, 1.807) is 27.0 Å². The molecule has 10 heteroatoms. The number of amides is 2. The zero-order valence-electron chi connectivity index (χ0n) is 19.5. The van der Waals surface area contributed by atoms with E-state index >= 15 is 0 Å². The predicted molar refractivity (Wildman–Crippen MR) is 126 cm³/mol. The molecule has 9 nitrogen and oxygen atoms in total. The highest BCUT2D eigenvalue weighted by Gasteiger charge is 2.34. The van der Waals surface area contributed by atoms with E-state index < -0.39 is 16.1 Å². The normalized spacial score (nSPS) is 19.0. The number of nitrogens with one attached hydrogen (secondary N) is 2. The SMILES string of the molecule is COc1ccc(CNC(=O)C2CCN(S(=O)(=O)c3cc4c(cc3C)NC(=O)C(C)O4)CC2)cc1. The van der Waals surface area contributed by atoms with Gasteiger partial charge in [-0.3, -0.25) is 9.59 Å². The molecule has 0 radical (unpaired) electrons. The van der Waals surface area contributed by atoms with Crippen LogP contribution in [0.2, 0.25) is 0 Å². The predicted octanol–water partition coefficient (Wildman–Crippen LogP) is 2.44. The molecule has 0 aromatic heterocycles. The Labute approximate surface area is 199 Å². The number of nitrogens with zero attached hydrogens (tertiary/aromatic N) is 1. The average molecular weight is 488 g/mol. The molecule has 2 aromatic rings. The molecular weight excluding hydrogens is 458 g/mol. The molecule has 0 spiro atoms. The van der Waals surface area contributed by atoms with Crippen molar-refractivity contribution in [2.45, 2.75) is 44.2 Å². The van der Waals surface area contributed by atoms with Crippen LogP contribution in [0.25, 0.3) is 0 Å². The fraction of sp³-hybridized carbons (Fsp3) is 0.417. The first kappa shape index (κ1) is 24.0. The Morgan fingerprint density at radius 2 is 1.88 bits per heavy atom. The highest BCUT2D eigenvalue weighted by Crippen LogP contribution is 2.36. The van der Waals surface area contributed by atoms with E-state index in [0.29, 0.717) is 36.4 Å². The van der Waals surface area contributed by atoms with Crippen molar-refractivity contribution < 1.29 is 27.5 Å². The Morgan fingerprint density at radius 1 is 1.21 bits per heavy atom. The summed E-state index contributed by atoms with van der Waals surface area (Å²) in [5.74, 6) is 0.507. The van der Waals surface area contributed by atoms with E-state index in [4.69, 9.17) is 9.47 Å². The smallest absolute Gasteiger partial charge is 0.265 e. The lowest BCUT2D eigenvalue weighted by molar-refractivity contribution is -0.126. The van der Waals surface area contributed by atoms with E-state index in [2.05, 4.69) is 10.6 Å². The first-order valence-electron chi connectivity index (χ1n) is 11.2. The number of methoxy groups -OCH3 is 1. The van der Waals surface area contributed by atoms with Crippen molar-refractivity contribution in [2.75, 3.05) is 25.5 Å². The maximum absolute atomic E-state index is 13.4. The van der Waals surface area contributed by atoms with E-state index in [1.807, 2.05) is 24.3 Å². The van der Waals surface area contributed by atoms with Gasteiger partial charge in [0.05, 0.1) is 17.7 Å². The van der Waals surface area contributed by atoms with Crippen LogP contribution in [0.3, 0.4) is 0 Å². The van der Waals surface area contributed by atoms with E-state index in [0.717, 1.165) is 11.3 Å². The largest absolute Gasteiger partial charge is 0.497 e. The Hall–Kier alpha value is -3.11. The van der Waals surface area contributed by atoms with E-state index in [1.165, 1.54) is 10.4 Å². The molecule has 1 unspecified atom stereocenters. The van der Waals surface area contributed by atoms with Gasteiger partial charge in [-0.2, -0.15) is 4.31 Å². The summed E-state index contributed by atoms with van der Waals surface area (Å²) in [4.78, 5) is 24.6. The summed E-state index contributed by atoms with van der Waals surface area (Å²) in [5.41, 5.74) is 1.95. The highest BCUT2D eigenvalue weighted by atomic mass is 32.2. The van der Waals surface area contributed by atoms with Gasteiger partial charge in [-0.25, -0.2) is 8.42 Å². The zero-order chi connectivity index (χ0) is 24.5. The second kappa shape index (κ2) is 9.63. The number of benzene rings is 2. The van der Waals surface area contributed by atoms with Crippen LogP contribution >= 0.6 is 0 Å². The van der Waals surface area contributed by atoms with Crippen molar-refractivity contribution in [3.05, 3.63) is 47.5 Å². The molecule has 0 aliphatic carbocycles.